The minimum atomic E-state index is -0.217. The Kier molecular flexibility index (Phi) is 4.07. The Hall–Kier alpha value is -0.420. The average molecular weight is 442 g/mol. The summed E-state index contributed by atoms with van der Waals surface area (Å²) in [5, 5.41) is 22.8. The molecule has 2 N–H and O–H groups in total. The van der Waals surface area contributed by atoms with Crippen LogP contribution in [0.3, 0.4) is 0 Å². The first-order chi connectivity index (χ1) is 15.1. The van der Waals surface area contributed by atoms with Crippen LogP contribution in [0.15, 0.2) is 11.6 Å². The summed E-state index contributed by atoms with van der Waals surface area (Å²) in [5.74, 6) is 3.32. The van der Waals surface area contributed by atoms with Crippen LogP contribution < -0.4 is 0 Å². The Morgan fingerprint density at radius 1 is 1.06 bits per heavy atom. The largest absolute Gasteiger partial charge is 0.389 e. The molecule has 2 aliphatic heterocycles. The van der Waals surface area contributed by atoms with Crippen LogP contribution in [0, 0.1) is 45.8 Å². The van der Waals surface area contributed by atoms with Crippen molar-refractivity contribution in [2.75, 3.05) is 6.54 Å². The molecule has 3 unspecified atom stereocenters. The molecule has 2 heterocycles. The molecule has 7 fully saturated rings. The Balaban J connectivity index is 1.24. The summed E-state index contributed by atoms with van der Waals surface area (Å²) in [5.41, 5.74) is 2.61. The first kappa shape index (κ1) is 20.9. The molecule has 2 saturated heterocycles. The molecule has 2 spiro atoms. The van der Waals surface area contributed by atoms with Gasteiger partial charge >= 0.3 is 0 Å². The van der Waals surface area contributed by atoms with Gasteiger partial charge in [0.15, 0.2) is 0 Å². The second-order valence-corrected chi connectivity index (χ2v) is 13.9. The number of ether oxygens (including phenoxy) is 1. The number of rotatable bonds is 0. The van der Waals surface area contributed by atoms with Crippen molar-refractivity contribution in [3.8, 4) is 0 Å². The van der Waals surface area contributed by atoms with Crippen LogP contribution in [-0.2, 0) is 4.74 Å². The molecule has 0 aromatic rings. The smallest absolute Gasteiger partial charge is 0.0785 e. The number of piperidine rings is 1. The summed E-state index contributed by atoms with van der Waals surface area (Å²) in [6, 6.07) is 0.173. The number of aliphatic hydroxyl groups excluding tert-OH is 1. The summed E-state index contributed by atoms with van der Waals surface area (Å²) in [6.07, 6.45) is 13.2. The van der Waals surface area contributed by atoms with Crippen molar-refractivity contribution in [1.82, 2.24) is 5.06 Å². The van der Waals surface area contributed by atoms with Crippen molar-refractivity contribution in [2.45, 2.75) is 109 Å². The van der Waals surface area contributed by atoms with Gasteiger partial charge in [-0.05, 0) is 92.3 Å². The monoisotopic (exact) mass is 441 g/mol. The Bertz CT molecular complexity index is 873. The van der Waals surface area contributed by atoms with Crippen molar-refractivity contribution in [3.63, 3.8) is 0 Å². The third kappa shape index (κ3) is 2.17. The normalized spacial score (nSPS) is 63.1. The quantitative estimate of drug-likeness (QED) is 0.509. The minimum absolute atomic E-state index is 0.0599. The fourth-order valence-electron chi connectivity index (χ4n) is 11.7. The van der Waals surface area contributed by atoms with E-state index in [1.165, 1.54) is 44.9 Å². The van der Waals surface area contributed by atoms with Crippen molar-refractivity contribution in [1.29, 1.82) is 0 Å². The van der Waals surface area contributed by atoms with Crippen LogP contribution in [0.25, 0.3) is 0 Å². The maximum atomic E-state index is 10.9. The molecular weight excluding hydrogens is 398 g/mol. The third-order valence-electron chi connectivity index (χ3n) is 12.9. The van der Waals surface area contributed by atoms with Gasteiger partial charge in [-0.2, -0.15) is 5.06 Å². The van der Waals surface area contributed by atoms with E-state index in [1.807, 2.05) is 0 Å². The van der Waals surface area contributed by atoms with Crippen LogP contribution in [0.5, 0.6) is 0 Å². The molecule has 0 radical (unpaired) electrons. The van der Waals surface area contributed by atoms with Gasteiger partial charge in [0.2, 0.25) is 0 Å². The van der Waals surface area contributed by atoms with Crippen molar-refractivity contribution in [3.05, 3.63) is 11.6 Å². The Morgan fingerprint density at radius 3 is 2.69 bits per heavy atom. The number of hydrogen-bond donors (Lipinski definition) is 2. The van der Waals surface area contributed by atoms with Gasteiger partial charge in [0.25, 0.3) is 0 Å². The predicted molar refractivity (Wildman–Crippen MR) is 123 cm³/mol. The molecule has 12 atom stereocenters. The SMILES string of the molecule is C[C@H]1C[C@H]2O[C@]3(CCC45CC3(C)C4C[C@H]3[C@H]5CCC4=C[C@@H](O)CC[C@@]43C)[C@H](C)[C@@H]2N(O)C1. The first-order valence-corrected chi connectivity index (χ1v) is 13.7. The number of nitrogens with zero attached hydrogens (tertiary/aromatic N) is 1. The fourth-order valence-corrected chi connectivity index (χ4v) is 11.7. The van der Waals surface area contributed by atoms with Crippen molar-refractivity contribution < 1.29 is 15.1 Å². The summed E-state index contributed by atoms with van der Waals surface area (Å²) in [6.45, 7) is 10.6. The first-order valence-electron chi connectivity index (χ1n) is 13.7. The Labute approximate surface area is 193 Å². The second kappa shape index (κ2) is 6.22. The van der Waals surface area contributed by atoms with E-state index in [0.29, 0.717) is 22.7 Å². The van der Waals surface area contributed by atoms with Crippen molar-refractivity contribution in [2.24, 2.45) is 45.8 Å². The zero-order valence-corrected chi connectivity index (χ0v) is 20.5. The predicted octanol–water partition coefficient (Wildman–Crippen LogP) is 5.18. The van der Waals surface area contributed by atoms with Crippen LogP contribution in [0.2, 0.25) is 0 Å². The summed E-state index contributed by atoms with van der Waals surface area (Å²) >= 11 is 0. The zero-order valence-electron chi connectivity index (χ0n) is 20.5. The van der Waals surface area contributed by atoms with E-state index in [2.05, 4.69) is 33.8 Å². The highest BCUT2D eigenvalue weighted by Gasteiger charge is 2.81. The molecule has 8 aliphatic rings. The zero-order chi connectivity index (χ0) is 22.3. The van der Waals surface area contributed by atoms with Gasteiger partial charge in [-0.3, -0.25) is 0 Å². The van der Waals surface area contributed by atoms with Gasteiger partial charge in [0.05, 0.1) is 23.9 Å². The maximum Gasteiger partial charge on any atom is 0.0785 e. The lowest BCUT2D eigenvalue weighted by atomic mass is 9.33. The van der Waals surface area contributed by atoms with Crippen LogP contribution >= 0.6 is 0 Å². The Morgan fingerprint density at radius 2 is 1.88 bits per heavy atom. The lowest BCUT2D eigenvalue weighted by molar-refractivity contribution is -0.295. The molecule has 2 bridgehead atoms. The van der Waals surface area contributed by atoms with Gasteiger partial charge in [-0.1, -0.05) is 39.3 Å². The number of hydroxylamine groups is 2. The molecule has 4 nitrogen and oxygen atoms in total. The lowest BCUT2D eigenvalue weighted by Crippen LogP contribution is -2.71. The highest BCUT2D eigenvalue weighted by atomic mass is 16.5. The number of fused-ring (bicyclic) bond motifs is 5. The minimum Gasteiger partial charge on any atom is -0.389 e. The van der Waals surface area contributed by atoms with Gasteiger partial charge in [-0.15, -0.1) is 0 Å². The van der Waals surface area contributed by atoms with Crippen LogP contribution in [-0.4, -0.2) is 45.8 Å². The van der Waals surface area contributed by atoms with Gasteiger partial charge in [0.1, 0.15) is 0 Å². The number of hydrogen-bond acceptors (Lipinski definition) is 4. The molecule has 32 heavy (non-hydrogen) atoms. The second-order valence-electron chi connectivity index (χ2n) is 13.9. The maximum absolute atomic E-state index is 10.9. The third-order valence-corrected chi connectivity index (χ3v) is 12.9. The summed E-state index contributed by atoms with van der Waals surface area (Å²) in [7, 11) is 0. The van der Waals surface area contributed by atoms with Crippen LogP contribution in [0.1, 0.15) is 85.5 Å². The standard InChI is InChI=1S/C28H43NO3/c1-16-11-22-24(29(31)14-16)17(2)28(32-22)10-9-27-15-26(28,4)23(27)13-21-20(27)6-5-18-12-19(30)7-8-25(18,21)3/h12,16-17,19-24,30-31H,5-11,13-15H2,1-4H3/t16-,17+,19-,20+,21-,22+,23?,24-,25-,26?,27?,28+/m0/s1. The van der Waals surface area contributed by atoms with E-state index in [-0.39, 0.29) is 29.3 Å². The van der Waals surface area contributed by atoms with E-state index in [0.717, 1.165) is 37.1 Å². The van der Waals surface area contributed by atoms with E-state index in [1.54, 1.807) is 10.6 Å². The molecule has 4 heteroatoms. The van der Waals surface area contributed by atoms with E-state index >= 15 is 0 Å². The lowest BCUT2D eigenvalue weighted by Gasteiger charge is -2.73. The molecule has 0 amide bonds. The van der Waals surface area contributed by atoms with Gasteiger partial charge in [-0.25, -0.2) is 0 Å². The molecule has 8 rings (SSSR count). The van der Waals surface area contributed by atoms with E-state index in [4.69, 9.17) is 4.74 Å². The molecule has 0 aromatic carbocycles. The van der Waals surface area contributed by atoms with Gasteiger partial charge in [0, 0.05) is 17.9 Å². The summed E-state index contributed by atoms with van der Waals surface area (Å²) in [4.78, 5) is 0. The molecular formula is C28H43NO3. The van der Waals surface area contributed by atoms with Gasteiger partial charge < -0.3 is 15.1 Å². The summed E-state index contributed by atoms with van der Waals surface area (Å²) < 4.78 is 7.16. The van der Waals surface area contributed by atoms with E-state index in [9.17, 15) is 10.3 Å². The number of allylic oxidation sites excluding steroid dienone is 1. The van der Waals surface area contributed by atoms with E-state index < -0.39 is 0 Å². The molecule has 5 saturated carbocycles. The highest BCUT2D eigenvalue weighted by Crippen LogP contribution is 2.84. The topological polar surface area (TPSA) is 52.9 Å². The number of aliphatic hydroxyl groups is 1. The average Bonchev–Trinajstić information content (AvgIpc) is 3.17. The molecule has 0 aromatic heterocycles. The van der Waals surface area contributed by atoms with Crippen molar-refractivity contribution >= 4 is 0 Å². The highest BCUT2D eigenvalue weighted by molar-refractivity contribution is 5.34. The van der Waals surface area contributed by atoms with Crippen LogP contribution in [0.4, 0.5) is 0 Å². The fraction of sp³-hybridized carbons (Fsp3) is 0.929. The molecule has 178 valence electrons. The molecule has 6 aliphatic carbocycles.